The Morgan fingerprint density at radius 1 is 1.14 bits per heavy atom. The van der Waals surface area contributed by atoms with Crippen LogP contribution in [0.1, 0.15) is 46.5 Å². The molecule has 0 bridgehead atoms. The molecule has 0 N–H and O–H groups in total. The van der Waals surface area contributed by atoms with E-state index in [1.54, 1.807) is 0 Å². The Morgan fingerprint density at radius 3 is 2.36 bits per heavy atom. The van der Waals surface area contributed by atoms with Gasteiger partial charge in [0.25, 0.3) is 0 Å². The molecule has 0 fully saturated rings. The van der Waals surface area contributed by atoms with Crippen molar-refractivity contribution < 1.29 is 0 Å². The molecular formula is C12H26BrN. The third kappa shape index (κ3) is 7.81. The molecule has 1 atom stereocenters. The smallest absolute Gasteiger partial charge is 0.00313 e. The van der Waals surface area contributed by atoms with Crippen molar-refractivity contribution in [1.29, 1.82) is 0 Å². The van der Waals surface area contributed by atoms with Gasteiger partial charge in [0.15, 0.2) is 0 Å². The van der Waals surface area contributed by atoms with E-state index in [0.717, 1.165) is 11.2 Å². The van der Waals surface area contributed by atoms with E-state index in [-0.39, 0.29) is 0 Å². The predicted octanol–water partition coefficient (Wildman–Crippen LogP) is 3.92. The Bertz CT molecular complexity index is 117. The quantitative estimate of drug-likeness (QED) is 0.450. The fraction of sp³-hybridized carbons (Fsp3) is 1.00. The molecule has 1 unspecified atom stereocenters. The first-order chi connectivity index (χ1) is 6.74. The molecule has 0 aliphatic heterocycles. The topological polar surface area (TPSA) is 3.24 Å². The maximum atomic E-state index is 3.47. The van der Waals surface area contributed by atoms with Crippen LogP contribution >= 0.6 is 15.9 Å². The van der Waals surface area contributed by atoms with Crippen LogP contribution < -0.4 is 0 Å². The molecular weight excluding hydrogens is 238 g/mol. The Kier molecular flexibility index (Phi) is 10.3. The lowest BCUT2D eigenvalue weighted by atomic mass is 10.1. The van der Waals surface area contributed by atoms with Crippen molar-refractivity contribution in [3.05, 3.63) is 0 Å². The zero-order valence-electron chi connectivity index (χ0n) is 10.1. The number of hydrogen-bond acceptors (Lipinski definition) is 1. The molecule has 0 amide bonds. The van der Waals surface area contributed by atoms with E-state index < -0.39 is 0 Å². The van der Waals surface area contributed by atoms with Crippen LogP contribution in [0.15, 0.2) is 0 Å². The van der Waals surface area contributed by atoms with Gasteiger partial charge >= 0.3 is 0 Å². The molecule has 0 radical (unpaired) electrons. The second kappa shape index (κ2) is 9.97. The lowest BCUT2D eigenvalue weighted by molar-refractivity contribution is 0.241. The summed E-state index contributed by atoms with van der Waals surface area (Å²) in [6.07, 6.45) is 5.34. The molecule has 2 heteroatoms. The molecule has 0 aromatic carbocycles. The van der Waals surface area contributed by atoms with Crippen molar-refractivity contribution in [3.8, 4) is 0 Å². The lowest BCUT2D eigenvalue weighted by Gasteiger charge is -2.23. The van der Waals surface area contributed by atoms with Gasteiger partial charge in [-0.2, -0.15) is 0 Å². The highest BCUT2D eigenvalue weighted by Crippen LogP contribution is 2.06. The zero-order chi connectivity index (χ0) is 10.8. The molecule has 0 aromatic heterocycles. The van der Waals surface area contributed by atoms with Gasteiger partial charge in [-0.3, -0.25) is 0 Å². The molecule has 0 aliphatic rings. The highest BCUT2D eigenvalue weighted by atomic mass is 79.9. The van der Waals surface area contributed by atoms with Crippen molar-refractivity contribution in [2.75, 3.05) is 25.0 Å². The Morgan fingerprint density at radius 2 is 1.86 bits per heavy atom. The maximum Gasteiger partial charge on any atom is 0.00313 e. The normalized spacial score (nSPS) is 13.5. The van der Waals surface area contributed by atoms with E-state index in [9.17, 15) is 0 Å². The van der Waals surface area contributed by atoms with Crippen molar-refractivity contribution in [1.82, 2.24) is 4.90 Å². The van der Waals surface area contributed by atoms with Crippen LogP contribution in [0.3, 0.4) is 0 Å². The third-order valence-electron chi connectivity index (χ3n) is 2.82. The minimum atomic E-state index is 0.853. The number of unbranched alkanes of at least 4 members (excludes halogenated alkanes) is 2. The van der Waals surface area contributed by atoms with Gasteiger partial charge in [-0.05, 0) is 31.8 Å². The van der Waals surface area contributed by atoms with Gasteiger partial charge in [-0.15, -0.1) is 0 Å². The fourth-order valence-corrected chi connectivity index (χ4v) is 1.95. The molecule has 0 rings (SSSR count). The van der Waals surface area contributed by atoms with E-state index >= 15 is 0 Å². The highest BCUT2D eigenvalue weighted by molar-refractivity contribution is 9.09. The van der Waals surface area contributed by atoms with E-state index in [1.807, 2.05) is 0 Å². The van der Waals surface area contributed by atoms with Gasteiger partial charge in [-0.25, -0.2) is 0 Å². The number of nitrogens with zero attached hydrogens (tertiary/aromatic N) is 1. The summed E-state index contributed by atoms with van der Waals surface area (Å²) in [5.74, 6) is 0.853. The standard InChI is InChI=1S/C12H26BrN/c1-4-12(3)11-14(5-2)10-8-6-7-9-13/h12H,4-11H2,1-3H3. The predicted molar refractivity (Wildman–Crippen MR) is 69.2 cm³/mol. The summed E-state index contributed by atoms with van der Waals surface area (Å²) in [7, 11) is 0. The first kappa shape index (κ1) is 14.4. The SMILES string of the molecule is CCC(C)CN(CC)CCCCCBr. The number of rotatable bonds is 9. The fourth-order valence-electron chi connectivity index (χ4n) is 1.56. The summed E-state index contributed by atoms with van der Waals surface area (Å²) in [6, 6.07) is 0. The van der Waals surface area contributed by atoms with Crippen LogP contribution in [0.4, 0.5) is 0 Å². The molecule has 14 heavy (non-hydrogen) atoms. The minimum Gasteiger partial charge on any atom is -0.303 e. The number of hydrogen-bond donors (Lipinski definition) is 0. The summed E-state index contributed by atoms with van der Waals surface area (Å²) < 4.78 is 0. The zero-order valence-corrected chi connectivity index (χ0v) is 11.6. The Balaban J connectivity index is 3.47. The van der Waals surface area contributed by atoms with Gasteiger partial charge < -0.3 is 4.90 Å². The second-order valence-corrected chi connectivity index (χ2v) is 4.95. The summed E-state index contributed by atoms with van der Waals surface area (Å²) in [5.41, 5.74) is 0. The van der Waals surface area contributed by atoms with Crippen molar-refractivity contribution in [2.24, 2.45) is 5.92 Å². The maximum absolute atomic E-state index is 3.47. The van der Waals surface area contributed by atoms with E-state index in [1.165, 1.54) is 45.3 Å². The van der Waals surface area contributed by atoms with Gasteiger partial charge in [0.2, 0.25) is 0 Å². The minimum absolute atomic E-state index is 0.853. The Hall–Kier alpha value is 0.440. The average Bonchev–Trinajstić information content (AvgIpc) is 2.22. The second-order valence-electron chi connectivity index (χ2n) is 4.16. The molecule has 0 spiro atoms. The largest absolute Gasteiger partial charge is 0.303 e. The first-order valence-corrected chi connectivity index (χ1v) is 7.15. The summed E-state index contributed by atoms with van der Waals surface area (Å²) in [5, 5.41) is 1.16. The average molecular weight is 264 g/mol. The molecule has 1 nitrogen and oxygen atoms in total. The third-order valence-corrected chi connectivity index (χ3v) is 3.38. The molecule has 0 heterocycles. The van der Waals surface area contributed by atoms with Gasteiger partial charge in [0.05, 0.1) is 0 Å². The monoisotopic (exact) mass is 263 g/mol. The van der Waals surface area contributed by atoms with Gasteiger partial charge in [0.1, 0.15) is 0 Å². The summed E-state index contributed by atoms with van der Waals surface area (Å²) >= 11 is 3.47. The van der Waals surface area contributed by atoms with E-state index in [2.05, 4.69) is 41.6 Å². The first-order valence-electron chi connectivity index (χ1n) is 6.02. The van der Waals surface area contributed by atoms with Crippen molar-refractivity contribution in [2.45, 2.75) is 46.5 Å². The van der Waals surface area contributed by atoms with E-state index in [0.29, 0.717) is 0 Å². The number of alkyl halides is 1. The van der Waals surface area contributed by atoms with Crippen LogP contribution in [0.5, 0.6) is 0 Å². The highest BCUT2D eigenvalue weighted by Gasteiger charge is 2.06. The van der Waals surface area contributed by atoms with Crippen molar-refractivity contribution in [3.63, 3.8) is 0 Å². The summed E-state index contributed by atoms with van der Waals surface area (Å²) in [4.78, 5) is 2.59. The van der Waals surface area contributed by atoms with Crippen LogP contribution in [0.25, 0.3) is 0 Å². The van der Waals surface area contributed by atoms with Crippen LogP contribution in [0, 0.1) is 5.92 Å². The van der Waals surface area contributed by atoms with Crippen LogP contribution in [-0.4, -0.2) is 29.9 Å². The molecule has 0 saturated heterocycles. The number of halogens is 1. The van der Waals surface area contributed by atoms with Gasteiger partial charge in [-0.1, -0.05) is 49.5 Å². The molecule has 0 aliphatic carbocycles. The van der Waals surface area contributed by atoms with Crippen LogP contribution in [-0.2, 0) is 0 Å². The molecule has 0 aromatic rings. The summed E-state index contributed by atoms with van der Waals surface area (Å²) in [6.45, 7) is 10.7. The Labute approximate surface area is 98.4 Å². The lowest BCUT2D eigenvalue weighted by Crippen LogP contribution is -2.29. The van der Waals surface area contributed by atoms with E-state index in [4.69, 9.17) is 0 Å². The van der Waals surface area contributed by atoms with Gasteiger partial charge in [0, 0.05) is 11.9 Å². The molecule has 86 valence electrons. The van der Waals surface area contributed by atoms with Crippen LogP contribution in [0.2, 0.25) is 0 Å². The van der Waals surface area contributed by atoms with Crippen molar-refractivity contribution >= 4 is 15.9 Å². The molecule has 0 saturated carbocycles.